The van der Waals surface area contributed by atoms with Gasteiger partial charge in [0.2, 0.25) is 5.95 Å². The average molecular weight is 482 g/mol. The van der Waals surface area contributed by atoms with Gasteiger partial charge in [0.05, 0.1) is 31.6 Å². The third-order valence-electron chi connectivity index (χ3n) is 3.91. The van der Waals surface area contributed by atoms with Crippen LogP contribution in [0, 0.1) is 13.8 Å². The van der Waals surface area contributed by atoms with Gasteiger partial charge in [0, 0.05) is 18.0 Å². The largest absolute Gasteiger partial charge is 0.416 e. The molecule has 31 heavy (non-hydrogen) atoms. The Morgan fingerprint density at radius 2 is 1.42 bits per heavy atom. The molecule has 0 saturated carbocycles. The van der Waals surface area contributed by atoms with Gasteiger partial charge in [0.1, 0.15) is 0 Å². The molecule has 0 unspecified atom stereocenters. The summed E-state index contributed by atoms with van der Waals surface area (Å²) >= 11 is 1.35. The summed E-state index contributed by atoms with van der Waals surface area (Å²) in [7, 11) is -4.85. The number of hydrogen-bond acceptors (Lipinski definition) is 6. The average Bonchev–Trinajstić information content (AvgIpc) is 2.98. The van der Waals surface area contributed by atoms with Gasteiger partial charge >= 0.3 is 12.4 Å². The van der Waals surface area contributed by atoms with Crippen LogP contribution in [0.15, 0.2) is 35.5 Å². The summed E-state index contributed by atoms with van der Waals surface area (Å²) in [5.41, 5.74) is -2.29. The maximum absolute atomic E-state index is 13.0. The molecule has 3 rings (SSSR count). The number of alkyl halides is 6. The van der Waals surface area contributed by atoms with Crippen molar-refractivity contribution in [2.75, 3.05) is 4.72 Å². The molecule has 0 saturated heterocycles. The van der Waals surface area contributed by atoms with E-state index in [-0.39, 0.29) is 18.2 Å². The summed E-state index contributed by atoms with van der Waals surface area (Å²) in [6, 6.07) is 0.0501. The Labute approximate surface area is 176 Å². The molecule has 6 nitrogen and oxygen atoms in total. The van der Waals surface area contributed by atoms with Crippen molar-refractivity contribution in [2.45, 2.75) is 31.1 Å². The molecule has 2 heterocycles. The number of anilines is 1. The van der Waals surface area contributed by atoms with Crippen molar-refractivity contribution in [1.82, 2.24) is 15.0 Å². The summed E-state index contributed by atoms with van der Waals surface area (Å²) in [4.78, 5) is 11.3. The van der Waals surface area contributed by atoms with Crippen molar-refractivity contribution in [3.8, 4) is 10.4 Å². The van der Waals surface area contributed by atoms with Gasteiger partial charge in [-0.2, -0.15) is 26.3 Å². The van der Waals surface area contributed by atoms with Gasteiger partial charge in [0.15, 0.2) is 0 Å². The number of benzene rings is 1. The molecule has 0 bridgehead atoms. The number of aryl methyl sites for hydroxylation is 2. The van der Waals surface area contributed by atoms with Crippen molar-refractivity contribution >= 4 is 27.3 Å². The van der Waals surface area contributed by atoms with Crippen LogP contribution in [0.4, 0.5) is 32.3 Å². The van der Waals surface area contributed by atoms with Crippen LogP contribution in [0.1, 0.15) is 21.8 Å². The number of aromatic nitrogens is 3. The molecule has 0 aliphatic carbocycles. The lowest BCUT2D eigenvalue weighted by Crippen LogP contribution is -2.18. The quantitative estimate of drug-likeness (QED) is 0.526. The predicted octanol–water partition coefficient (Wildman–Crippen LogP) is 5.06. The Balaban J connectivity index is 1.96. The lowest BCUT2D eigenvalue weighted by Gasteiger charge is -2.14. The molecule has 1 N–H and O–H groups in total. The number of thiazole rings is 1. The molecule has 0 atom stereocenters. The summed E-state index contributed by atoms with van der Waals surface area (Å²) in [6.07, 6.45) is -7.85. The molecule has 166 valence electrons. The summed E-state index contributed by atoms with van der Waals surface area (Å²) < 4.78 is 105. The zero-order valence-electron chi connectivity index (χ0n) is 15.6. The van der Waals surface area contributed by atoms with E-state index in [1.165, 1.54) is 23.7 Å². The van der Waals surface area contributed by atoms with Gasteiger partial charge in [-0.15, -0.1) is 11.3 Å². The van der Waals surface area contributed by atoms with E-state index in [2.05, 4.69) is 15.0 Å². The second-order valence-electron chi connectivity index (χ2n) is 6.29. The molecule has 0 aliphatic heterocycles. The van der Waals surface area contributed by atoms with Gasteiger partial charge in [-0.1, -0.05) is 0 Å². The standard InChI is InChI=1S/C17H12F6N4O2S2/c1-8-14(30-9(2)26-8)10-6-24-15(25-7-10)27-31(28,29)13-4-11(16(18,19)20)3-12(5-13)17(21,22)23/h3-7H,1-2H3,(H,24,25,27). The van der Waals surface area contributed by atoms with E-state index in [9.17, 15) is 34.8 Å². The summed E-state index contributed by atoms with van der Waals surface area (Å²) in [5, 5.41) is 0.780. The van der Waals surface area contributed by atoms with E-state index in [1.807, 2.05) is 0 Å². The molecule has 1 aromatic carbocycles. The van der Waals surface area contributed by atoms with Crippen molar-refractivity contribution in [1.29, 1.82) is 0 Å². The Morgan fingerprint density at radius 1 is 0.903 bits per heavy atom. The highest BCUT2D eigenvalue weighted by atomic mass is 32.2. The minimum absolute atomic E-state index is 0.107. The number of hydrogen-bond donors (Lipinski definition) is 1. The SMILES string of the molecule is Cc1nc(C)c(-c2cnc(NS(=O)(=O)c3cc(C(F)(F)F)cc(C(F)(F)F)c3)nc2)s1. The highest BCUT2D eigenvalue weighted by molar-refractivity contribution is 7.92. The smallest absolute Gasteiger partial charge is 0.247 e. The van der Waals surface area contributed by atoms with Gasteiger partial charge in [-0.05, 0) is 32.0 Å². The number of nitrogens with one attached hydrogen (secondary N) is 1. The molecule has 3 aromatic rings. The predicted molar refractivity (Wildman–Crippen MR) is 99.9 cm³/mol. The normalized spacial score (nSPS) is 12.8. The van der Waals surface area contributed by atoms with Crippen LogP contribution in [-0.4, -0.2) is 23.4 Å². The maximum Gasteiger partial charge on any atom is 0.416 e. The molecule has 0 spiro atoms. The van der Waals surface area contributed by atoms with Crippen LogP contribution in [0.2, 0.25) is 0 Å². The van der Waals surface area contributed by atoms with E-state index in [4.69, 9.17) is 0 Å². The van der Waals surface area contributed by atoms with Crippen LogP contribution in [0.3, 0.4) is 0 Å². The Morgan fingerprint density at radius 3 is 1.84 bits per heavy atom. The fourth-order valence-electron chi connectivity index (χ4n) is 2.56. The zero-order chi connectivity index (χ0) is 23.2. The summed E-state index contributed by atoms with van der Waals surface area (Å²) in [6.45, 7) is 3.54. The number of halogens is 6. The van der Waals surface area contributed by atoms with E-state index in [0.29, 0.717) is 11.3 Å². The topological polar surface area (TPSA) is 84.8 Å². The molecule has 0 aliphatic rings. The number of nitrogens with zero attached hydrogens (tertiary/aromatic N) is 3. The lowest BCUT2D eigenvalue weighted by molar-refractivity contribution is -0.143. The summed E-state index contributed by atoms with van der Waals surface area (Å²) in [5.74, 6) is -0.520. The van der Waals surface area contributed by atoms with Crippen LogP contribution in [0.25, 0.3) is 10.4 Å². The Kier molecular flexibility index (Phi) is 5.73. The number of sulfonamides is 1. The first-order valence-corrected chi connectivity index (χ1v) is 10.6. The molecule has 0 radical (unpaired) electrons. The molecule has 0 amide bonds. The van der Waals surface area contributed by atoms with Gasteiger partial charge < -0.3 is 0 Å². The van der Waals surface area contributed by atoms with Crippen molar-refractivity contribution in [2.24, 2.45) is 0 Å². The highest BCUT2D eigenvalue weighted by Crippen LogP contribution is 2.37. The fraction of sp³-hybridized carbons (Fsp3) is 0.235. The third-order valence-corrected chi connectivity index (χ3v) is 6.34. The molecular weight excluding hydrogens is 470 g/mol. The molecule has 0 fully saturated rings. The molecule has 14 heteroatoms. The van der Waals surface area contributed by atoms with Crippen molar-refractivity contribution < 1.29 is 34.8 Å². The molecular formula is C17H12F6N4O2S2. The first-order valence-electron chi connectivity index (χ1n) is 8.25. The monoisotopic (exact) mass is 482 g/mol. The van der Waals surface area contributed by atoms with Gasteiger partial charge in [-0.25, -0.2) is 28.1 Å². The molecule has 2 aromatic heterocycles. The van der Waals surface area contributed by atoms with Gasteiger partial charge in [-0.3, -0.25) is 0 Å². The second kappa shape index (κ2) is 7.75. The highest BCUT2D eigenvalue weighted by Gasteiger charge is 2.38. The lowest BCUT2D eigenvalue weighted by atomic mass is 10.1. The maximum atomic E-state index is 13.0. The second-order valence-corrected chi connectivity index (χ2v) is 9.18. The van der Waals surface area contributed by atoms with Gasteiger partial charge in [0.25, 0.3) is 10.0 Å². The zero-order valence-corrected chi connectivity index (χ0v) is 17.3. The van der Waals surface area contributed by atoms with E-state index >= 15 is 0 Å². The van der Waals surface area contributed by atoms with Crippen molar-refractivity contribution in [3.05, 3.63) is 52.4 Å². The first-order chi connectivity index (χ1) is 14.2. The Bertz CT molecular complexity index is 1190. The van der Waals surface area contributed by atoms with Crippen LogP contribution in [-0.2, 0) is 22.4 Å². The third kappa shape index (κ3) is 5.12. The first kappa shape index (κ1) is 22.9. The van der Waals surface area contributed by atoms with Crippen molar-refractivity contribution in [3.63, 3.8) is 0 Å². The number of rotatable bonds is 4. The minimum atomic E-state index is -5.19. The van der Waals surface area contributed by atoms with Crippen LogP contribution >= 0.6 is 11.3 Å². The van der Waals surface area contributed by atoms with Crippen LogP contribution < -0.4 is 4.72 Å². The van der Waals surface area contributed by atoms with E-state index in [0.717, 1.165) is 9.88 Å². The van der Waals surface area contributed by atoms with Crippen LogP contribution in [0.5, 0.6) is 0 Å². The fourth-order valence-corrected chi connectivity index (χ4v) is 4.48. The Hall–Kier alpha value is -2.74. The van der Waals surface area contributed by atoms with E-state index in [1.54, 1.807) is 18.6 Å². The minimum Gasteiger partial charge on any atom is -0.247 e. The van der Waals surface area contributed by atoms with E-state index < -0.39 is 44.3 Å².